The molecule has 0 bridgehead atoms. The number of ether oxygens (including phenoxy) is 1. The molecule has 0 aliphatic carbocycles. The minimum atomic E-state index is -3.69. The van der Waals surface area contributed by atoms with Crippen LogP contribution >= 0.6 is 23.2 Å². The average molecular weight is 490 g/mol. The van der Waals surface area contributed by atoms with Gasteiger partial charge in [-0.1, -0.05) is 53.5 Å². The van der Waals surface area contributed by atoms with Gasteiger partial charge in [-0.2, -0.15) is 5.10 Å². The fourth-order valence-corrected chi connectivity index (χ4v) is 4.06. The molecule has 4 rings (SSSR count). The molecule has 1 amide bonds. The third kappa shape index (κ3) is 4.88. The number of hydrogen-bond donors (Lipinski definition) is 1. The lowest BCUT2D eigenvalue weighted by molar-refractivity contribution is 0.0981. The summed E-state index contributed by atoms with van der Waals surface area (Å²) in [6, 6.07) is 19.6. The van der Waals surface area contributed by atoms with E-state index in [4.69, 9.17) is 27.9 Å². The predicted molar refractivity (Wildman–Crippen MR) is 124 cm³/mol. The number of hydrogen-bond acceptors (Lipinski definition) is 5. The normalized spacial score (nSPS) is 11.5. The molecule has 1 N–H and O–H groups in total. The maximum absolute atomic E-state index is 12.1. The Hall–Kier alpha value is -3.07. The number of sulfonamides is 1. The molecule has 32 heavy (non-hydrogen) atoms. The van der Waals surface area contributed by atoms with E-state index in [2.05, 4.69) is 5.10 Å². The first-order valence-corrected chi connectivity index (χ1v) is 12.0. The Kier molecular flexibility index (Phi) is 6.10. The lowest BCUT2D eigenvalue weighted by Gasteiger charge is -2.09. The van der Waals surface area contributed by atoms with Gasteiger partial charge < -0.3 is 4.74 Å². The summed E-state index contributed by atoms with van der Waals surface area (Å²) in [5.74, 6) is -0.133. The van der Waals surface area contributed by atoms with Crippen molar-refractivity contribution in [2.75, 3.05) is 6.26 Å². The van der Waals surface area contributed by atoms with Crippen molar-refractivity contribution >= 4 is 50.0 Å². The first-order chi connectivity index (χ1) is 15.2. The first kappa shape index (κ1) is 22.1. The van der Waals surface area contributed by atoms with Gasteiger partial charge in [-0.05, 0) is 42.0 Å². The molecule has 10 heteroatoms. The van der Waals surface area contributed by atoms with E-state index in [-0.39, 0.29) is 15.7 Å². The zero-order chi connectivity index (χ0) is 22.9. The standard InChI is InChI=1S/C22H17Cl2N3O4S/c1-32(29,30)26-22(28)15-7-9-20(18(23)11-15)27-19-10-8-16(12-17(19)21(24)25-27)31-13-14-5-3-2-4-6-14/h2-12H,13H2,1H3,(H,26,28). The van der Waals surface area contributed by atoms with Crippen LogP contribution in [0.2, 0.25) is 10.2 Å². The van der Waals surface area contributed by atoms with Crippen molar-refractivity contribution in [1.29, 1.82) is 0 Å². The summed E-state index contributed by atoms with van der Waals surface area (Å²) in [4.78, 5) is 12.1. The Morgan fingerprint density at radius 1 is 1.06 bits per heavy atom. The molecule has 0 aliphatic heterocycles. The Labute approximate surface area is 194 Å². The first-order valence-electron chi connectivity index (χ1n) is 9.38. The van der Waals surface area contributed by atoms with E-state index >= 15 is 0 Å². The highest BCUT2D eigenvalue weighted by atomic mass is 35.5. The van der Waals surface area contributed by atoms with Gasteiger partial charge in [-0.3, -0.25) is 4.79 Å². The van der Waals surface area contributed by atoms with E-state index in [9.17, 15) is 13.2 Å². The van der Waals surface area contributed by atoms with E-state index in [1.165, 1.54) is 12.1 Å². The zero-order valence-electron chi connectivity index (χ0n) is 16.7. The molecule has 0 atom stereocenters. The van der Waals surface area contributed by atoms with Crippen LogP contribution in [0.15, 0.2) is 66.7 Å². The Bertz CT molecular complexity index is 1420. The molecule has 0 unspecified atom stereocenters. The number of benzene rings is 3. The van der Waals surface area contributed by atoms with Crippen LogP contribution in [0.1, 0.15) is 15.9 Å². The topological polar surface area (TPSA) is 90.3 Å². The second-order valence-corrected chi connectivity index (χ2v) is 9.54. The molecule has 0 spiro atoms. The van der Waals surface area contributed by atoms with Crippen molar-refractivity contribution in [2.24, 2.45) is 0 Å². The molecule has 3 aromatic carbocycles. The second-order valence-electron chi connectivity index (χ2n) is 7.03. The van der Waals surface area contributed by atoms with Crippen LogP contribution in [-0.2, 0) is 16.6 Å². The lowest BCUT2D eigenvalue weighted by Crippen LogP contribution is -2.29. The summed E-state index contributed by atoms with van der Waals surface area (Å²) in [6.45, 7) is 0.418. The number of carbonyl (C=O) groups excluding carboxylic acids is 1. The van der Waals surface area contributed by atoms with Crippen molar-refractivity contribution in [3.05, 3.63) is 88.0 Å². The Morgan fingerprint density at radius 2 is 1.81 bits per heavy atom. The molecular formula is C22H17Cl2N3O4S. The molecule has 0 saturated carbocycles. The van der Waals surface area contributed by atoms with Crippen LogP contribution in [0.3, 0.4) is 0 Å². The van der Waals surface area contributed by atoms with E-state index in [0.717, 1.165) is 11.8 Å². The van der Waals surface area contributed by atoms with Crippen LogP contribution in [-0.4, -0.2) is 30.4 Å². The molecule has 1 heterocycles. The van der Waals surface area contributed by atoms with Gasteiger partial charge in [0.1, 0.15) is 12.4 Å². The van der Waals surface area contributed by atoms with Crippen LogP contribution < -0.4 is 9.46 Å². The molecule has 164 valence electrons. The maximum Gasteiger partial charge on any atom is 0.264 e. The molecule has 4 aromatic rings. The fraction of sp³-hybridized carbons (Fsp3) is 0.0909. The molecule has 0 fully saturated rings. The minimum Gasteiger partial charge on any atom is -0.489 e. The van der Waals surface area contributed by atoms with Crippen LogP contribution in [0.5, 0.6) is 5.75 Å². The number of amides is 1. The van der Waals surface area contributed by atoms with Crippen LogP contribution in [0.25, 0.3) is 16.6 Å². The van der Waals surface area contributed by atoms with Crippen LogP contribution in [0.4, 0.5) is 0 Å². The molecule has 0 aliphatic rings. The van der Waals surface area contributed by atoms with E-state index in [1.807, 2.05) is 47.2 Å². The van der Waals surface area contributed by atoms with E-state index < -0.39 is 15.9 Å². The Balaban J connectivity index is 1.63. The van der Waals surface area contributed by atoms with Gasteiger partial charge in [0.05, 0.1) is 22.5 Å². The minimum absolute atomic E-state index is 0.100. The maximum atomic E-state index is 12.1. The van der Waals surface area contributed by atoms with Crippen molar-refractivity contribution < 1.29 is 17.9 Å². The van der Waals surface area contributed by atoms with Gasteiger partial charge >= 0.3 is 0 Å². The van der Waals surface area contributed by atoms with Crippen molar-refractivity contribution in [1.82, 2.24) is 14.5 Å². The number of halogens is 2. The number of nitrogens with one attached hydrogen (secondary N) is 1. The predicted octanol–water partition coefficient (Wildman–Crippen LogP) is 4.60. The summed E-state index contributed by atoms with van der Waals surface area (Å²) in [7, 11) is -3.69. The van der Waals surface area contributed by atoms with Gasteiger partial charge in [-0.15, -0.1) is 0 Å². The van der Waals surface area contributed by atoms with Gasteiger partial charge in [0.2, 0.25) is 10.0 Å². The number of rotatable bonds is 6. The molecule has 0 saturated heterocycles. The van der Waals surface area contributed by atoms with Crippen molar-refractivity contribution in [2.45, 2.75) is 6.61 Å². The SMILES string of the molecule is CS(=O)(=O)NC(=O)c1ccc(-n2nc(Cl)c3cc(OCc4ccccc4)ccc32)c(Cl)c1. The lowest BCUT2D eigenvalue weighted by atomic mass is 10.2. The van der Waals surface area contributed by atoms with E-state index in [1.54, 1.807) is 16.8 Å². The summed E-state index contributed by atoms with van der Waals surface area (Å²) in [6.07, 6.45) is 0.899. The van der Waals surface area contributed by atoms with Crippen LogP contribution in [0, 0.1) is 0 Å². The highest BCUT2D eigenvalue weighted by molar-refractivity contribution is 7.89. The molecular weight excluding hydrogens is 473 g/mol. The zero-order valence-corrected chi connectivity index (χ0v) is 19.1. The largest absolute Gasteiger partial charge is 0.489 e. The number of nitrogens with zero attached hydrogens (tertiary/aromatic N) is 2. The highest BCUT2D eigenvalue weighted by Crippen LogP contribution is 2.32. The number of fused-ring (bicyclic) bond motifs is 1. The monoisotopic (exact) mass is 489 g/mol. The third-order valence-corrected chi connectivity index (χ3v) is 5.71. The van der Waals surface area contributed by atoms with Crippen molar-refractivity contribution in [3.63, 3.8) is 0 Å². The summed E-state index contributed by atoms with van der Waals surface area (Å²) in [5, 5.41) is 5.50. The third-order valence-electron chi connectivity index (χ3n) is 4.57. The molecule has 7 nitrogen and oxygen atoms in total. The average Bonchev–Trinajstić information content (AvgIpc) is 3.07. The number of aromatic nitrogens is 2. The summed E-state index contributed by atoms with van der Waals surface area (Å²) < 4.78 is 31.9. The second kappa shape index (κ2) is 8.82. The van der Waals surface area contributed by atoms with Gasteiger partial charge in [0.15, 0.2) is 5.15 Å². The Morgan fingerprint density at radius 3 is 2.50 bits per heavy atom. The summed E-state index contributed by atoms with van der Waals surface area (Å²) >= 11 is 12.7. The molecule has 0 radical (unpaired) electrons. The van der Waals surface area contributed by atoms with E-state index in [0.29, 0.717) is 28.9 Å². The fourth-order valence-electron chi connectivity index (χ4n) is 3.12. The molecule has 1 aromatic heterocycles. The number of carbonyl (C=O) groups is 1. The quantitative estimate of drug-likeness (QED) is 0.427. The summed E-state index contributed by atoms with van der Waals surface area (Å²) in [5.41, 5.74) is 2.32. The van der Waals surface area contributed by atoms with Gasteiger partial charge in [-0.25, -0.2) is 17.8 Å². The van der Waals surface area contributed by atoms with Gasteiger partial charge in [0, 0.05) is 10.9 Å². The van der Waals surface area contributed by atoms with Crippen molar-refractivity contribution in [3.8, 4) is 11.4 Å². The smallest absolute Gasteiger partial charge is 0.264 e. The van der Waals surface area contributed by atoms with Gasteiger partial charge in [0.25, 0.3) is 5.91 Å². The highest BCUT2D eigenvalue weighted by Gasteiger charge is 2.17.